The molecule has 0 bridgehead atoms. The van der Waals surface area contributed by atoms with Crippen LogP contribution in [0.5, 0.6) is 0 Å². The largest absolute Gasteiger partial charge is 0.371 e. The molecule has 1 aliphatic carbocycles. The molecule has 1 aromatic heterocycles. The van der Waals surface area contributed by atoms with Crippen molar-refractivity contribution in [3.8, 4) is 0 Å². The minimum atomic E-state index is -0.345. The van der Waals surface area contributed by atoms with Crippen LogP contribution < -0.4 is 0 Å². The Labute approximate surface area is 99.8 Å². The number of fused-ring (bicyclic) bond motifs is 1. The second-order valence-electron chi connectivity index (χ2n) is 4.36. The monoisotopic (exact) mass is 239 g/mol. The summed E-state index contributed by atoms with van der Waals surface area (Å²) in [7, 11) is 1.70. The predicted molar refractivity (Wildman–Crippen MR) is 64.0 cm³/mol. The predicted octanol–water partition coefficient (Wildman–Crippen LogP) is 2.93. The molecule has 0 radical (unpaired) electrons. The Morgan fingerprint density at radius 1 is 1.50 bits per heavy atom. The first-order valence-electron chi connectivity index (χ1n) is 5.69. The Bertz CT molecular complexity index is 407. The van der Waals surface area contributed by atoms with E-state index in [1.54, 1.807) is 18.4 Å². The molecular weight excluding hydrogens is 222 g/mol. The number of carbonyl (C=O) groups excluding carboxylic acids is 1. The zero-order chi connectivity index (χ0) is 11.8. The van der Waals surface area contributed by atoms with Crippen molar-refractivity contribution >= 4 is 17.1 Å². The summed E-state index contributed by atoms with van der Waals surface area (Å²) in [4.78, 5) is 17.3. The molecule has 0 N–H and O–H groups in total. The molecule has 1 aliphatic rings. The Balaban J connectivity index is 2.41. The summed E-state index contributed by atoms with van der Waals surface area (Å²) in [6.07, 6.45) is 3.46. The highest BCUT2D eigenvalue weighted by Gasteiger charge is 2.31. The van der Waals surface area contributed by atoms with Crippen LogP contribution in [0.1, 0.15) is 53.5 Å². The first-order chi connectivity index (χ1) is 7.60. The minimum Gasteiger partial charge on any atom is -0.371 e. The van der Waals surface area contributed by atoms with E-state index in [-0.39, 0.29) is 11.4 Å². The molecule has 3 nitrogen and oxygen atoms in total. The number of carbonyl (C=O) groups is 1. The molecule has 0 spiro atoms. The van der Waals surface area contributed by atoms with Crippen molar-refractivity contribution in [2.45, 2.75) is 45.1 Å². The smallest absolute Gasteiger partial charge is 0.182 e. The van der Waals surface area contributed by atoms with Crippen molar-refractivity contribution in [1.29, 1.82) is 0 Å². The molecule has 0 amide bonds. The Morgan fingerprint density at radius 2 is 2.25 bits per heavy atom. The molecule has 1 aromatic rings. The topological polar surface area (TPSA) is 39.2 Å². The third-order valence-electron chi connectivity index (χ3n) is 3.35. The van der Waals surface area contributed by atoms with Crippen molar-refractivity contribution in [2.24, 2.45) is 0 Å². The number of aromatic nitrogens is 1. The third-order valence-corrected chi connectivity index (χ3v) is 4.71. The molecule has 0 fully saturated rings. The highest BCUT2D eigenvalue weighted by molar-refractivity contribution is 7.12. The Hall–Kier alpha value is -0.740. The highest BCUT2D eigenvalue weighted by atomic mass is 32.1. The standard InChI is InChI=1S/C12H17NO2S/c1-4-12(2,15-3)11-13-10-8(14)6-5-7-9(10)16-11/h4-7H2,1-3H3. The van der Waals surface area contributed by atoms with Crippen LogP contribution in [0.4, 0.5) is 0 Å². The lowest BCUT2D eigenvalue weighted by Gasteiger charge is -2.23. The van der Waals surface area contributed by atoms with Crippen LogP contribution >= 0.6 is 11.3 Å². The van der Waals surface area contributed by atoms with Crippen molar-refractivity contribution in [1.82, 2.24) is 4.98 Å². The van der Waals surface area contributed by atoms with E-state index in [9.17, 15) is 4.79 Å². The molecule has 0 aliphatic heterocycles. The second kappa shape index (κ2) is 4.26. The number of Topliss-reactive ketones (excluding diaryl/α,β-unsaturated/α-hetero) is 1. The van der Waals surface area contributed by atoms with Gasteiger partial charge < -0.3 is 4.74 Å². The average molecular weight is 239 g/mol. The maximum atomic E-state index is 11.7. The number of ketones is 1. The molecule has 0 aromatic carbocycles. The van der Waals surface area contributed by atoms with Crippen molar-refractivity contribution in [3.63, 3.8) is 0 Å². The second-order valence-corrected chi connectivity index (χ2v) is 5.44. The van der Waals surface area contributed by atoms with Crippen LogP contribution in [-0.4, -0.2) is 17.9 Å². The number of hydrogen-bond donors (Lipinski definition) is 0. The molecule has 4 heteroatoms. The van der Waals surface area contributed by atoms with Gasteiger partial charge in [-0.05, 0) is 26.2 Å². The summed E-state index contributed by atoms with van der Waals surface area (Å²) in [6, 6.07) is 0. The van der Waals surface area contributed by atoms with E-state index in [0.29, 0.717) is 12.1 Å². The SMILES string of the molecule is CCC(C)(OC)c1nc2c(s1)CCCC2=O. The van der Waals surface area contributed by atoms with Crippen LogP contribution in [0.2, 0.25) is 0 Å². The van der Waals surface area contributed by atoms with E-state index in [0.717, 1.165) is 29.1 Å². The maximum absolute atomic E-state index is 11.7. The summed E-state index contributed by atoms with van der Waals surface area (Å²) in [5.41, 5.74) is 0.352. The number of aryl methyl sites for hydroxylation is 1. The van der Waals surface area contributed by atoms with E-state index in [1.807, 2.05) is 6.92 Å². The van der Waals surface area contributed by atoms with Crippen molar-refractivity contribution in [2.75, 3.05) is 7.11 Å². The summed E-state index contributed by atoms with van der Waals surface area (Å²) in [5.74, 6) is 0.193. The molecule has 0 saturated carbocycles. The molecule has 16 heavy (non-hydrogen) atoms. The van der Waals surface area contributed by atoms with Gasteiger partial charge in [-0.2, -0.15) is 0 Å². The van der Waals surface area contributed by atoms with Crippen molar-refractivity contribution < 1.29 is 9.53 Å². The zero-order valence-corrected chi connectivity index (χ0v) is 10.8. The zero-order valence-electron chi connectivity index (χ0n) is 10.0. The van der Waals surface area contributed by atoms with Gasteiger partial charge in [0.1, 0.15) is 16.3 Å². The maximum Gasteiger partial charge on any atom is 0.182 e. The van der Waals surface area contributed by atoms with Crippen LogP contribution in [0.15, 0.2) is 0 Å². The van der Waals surface area contributed by atoms with Gasteiger partial charge in [-0.1, -0.05) is 6.92 Å². The quantitative estimate of drug-likeness (QED) is 0.814. The van der Waals surface area contributed by atoms with Crippen molar-refractivity contribution in [3.05, 3.63) is 15.6 Å². The lowest BCUT2D eigenvalue weighted by molar-refractivity contribution is -0.00162. The molecule has 2 rings (SSSR count). The fourth-order valence-corrected chi connectivity index (χ4v) is 3.19. The van der Waals surface area contributed by atoms with Gasteiger partial charge in [0, 0.05) is 18.4 Å². The van der Waals surface area contributed by atoms with Gasteiger partial charge in [0.25, 0.3) is 0 Å². The fourth-order valence-electron chi connectivity index (χ4n) is 1.88. The van der Waals surface area contributed by atoms with E-state index < -0.39 is 0 Å². The molecule has 1 atom stereocenters. The fraction of sp³-hybridized carbons (Fsp3) is 0.667. The van der Waals surface area contributed by atoms with E-state index in [4.69, 9.17) is 4.74 Å². The summed E-state index contributed by atoms with van der Waals surface area (Å²) < 4.78 is 5.52. The van der Waals surface area contributed by atoms with Gasteiger partial charge in [-0.3, -0.25) is 4.79 Å². The van der Waals surface area contributed by atoms with Crippen LogP contribution in [0.3, 0.4) is 0 Å². The Kier molecular flexibility index (Phi) is 3.13. The highest BCUT2D eigenvalue weighted by Crippen LogP contribution is 2.35. The van der Waals surface area contributed by atoms with Gasteiger partial charge >= 0.3 is 0 Å². The van der Waals surface area contributed by atoms with Gasteiger partial charge in [-0.25, -0.2) is 4.98 Å². The number of methoxy groups -OCH3 is 1. The average Bonchev–Trinajstić information content (AvgIpc) is 2.74. The lowest BCUT2D eigenvalue weighted by atomic mass is 10.0. The van der Waals surface area contributed by atoms with Crippen LogP contribution in [-0.2, 0) is 16.8 Å². The number of hydrogen-bond acceptors (Lipinski definition) is 4. The molecule has 0 saturated heterocycles. The van der Waals surface area contributed by atoms with E-state index in [2.05, 4.69) is 11.9 Å². The van der Waals surface area contributed by atoms with Gasteiger partial charge in [0.2, 0.25) is 0 Å². The first-order valence-corrected chi connectivity index (χ1v) is 6.51. The minimum absolute atomic E-state index is 0.193. The van der Waals surface area contributed by atoms with Crippen LogP contribution in [0, 0.1) is 0 Å². The molecule has 1 heterocycles. The summed E-state index contributed by atoms with van der Waals surface area (Å²) >= 11 is 1.64. The molecular formula is C12H17NO2S. The van der Waals surface area contributed by atoms with Crippen LogP contribution in [0.25, 0.3) is 0 Å². The van der Waals surface area contributed by atoms with E-state index in [1.165, 1.54) is 0 Å². The number of nitrogens with zero attached hydrogens (tertiary/aromatic N) is 1. The molecule has 88 valence electrons. The number of ether oxygens (including phenoxy) is 1. The lowest BCUT2D eigenvalue weighted by Crippen LogP contribution is -2.23. The summed E-state index contributed by atoms with van der Waals surface area (Å²) in [6.45, 7) is 4.10. The van der Waals surface area contributed by atoms with Gasteiger partial charge in [-0.15, -0.1) is 11.3 Å². The number of thiazole rings is 1. The third kappa shape index (κ3) is 1.80. The summed E-state index contributed by atoms with van der Waals surface area (Å²) in [5, 5.41) is 0.942. The molecule has 1 unspecified atom stereocenters. The first kappa shape index (κ1) is 11.7. The van der Waals surface area contributed by atoms with Gasteiger partial charge in [0.15, 0.2) is 5.78 Å². The number of rotatable bonds is 3. The van der Waals surface area contributed by atoms with E-state index >= 15 is 0 Å². The Morgan fingerprint density at radius 3 is 2.81 bits per heavy atom. The normalized spacial score (nSPS) is 19.3. The van der Waals surface area contributed by atoms with Gasteiger partial charge in [0.05, 0.1) is 0 Å².